The number of nitrogens with two attached hydrogens (primary N) is 3. The zero-order valence-electron chi connectivity index (χ0n) is 15.4. The predicted octanol–water partition coefficient (Wildman–Crippen LogP) is -1.58. The molecule has 3 amide bonds. The molecule has 0 heterocycles. The first kappa shape index (κ1) is 23.8. The lowest BCUT2D eigenvalue weighted by Crippen LogP contribution is -2.57. The lowest BCUT2D eigenvalue weighted by molar-refractivity contribution is -0.142. The molecule has 10 heteroatoms. The van der Waals surface area contributed by atoms with Crippen molar-refractivity contribution in [2.45, 2.75) is 64.1 Å². The number of rotatable bonds is 13. The zero-order chi connectivity index (χ0) is 20.3. The molecule has 0 aliphatic carbocycles. The third-order valence-electron chi connectivity index (χ3n) is 4.11. The fraction of sp³-hybridized carbons (Fsp3) is 0.750. The summed E-state index contributed by atoms with van der Waals surface area (Å²) in [6.07, 6.45) is 1.65. The maximum Gasteiger partial charge on any atom is 0.326 e. The molecule has 0 saturated heterocycles. The van der Waals surface area contributed by atoms with Crippen LogP contribution in [0.5, 0.6) is 0 Å². The van der Waals surface area contributed by atoms with Crippen LogP contribution in [-0.2, 0) is 19.2 Å². The topological polar surface area (TPSA) is 191 Å². The van der Waals surface area contributed by atoms with E-state index < -0.39 is 41.8 Å². The molecule has 150 valence electrons. The Morgan fingerprint density at radius 3 is 2.15 bits per heavy atom. The Bertz CT molecular complexity index is 499. The molecular formula is C16H31N5O5. The third-order valence-corrected chi connectivity index (χ3v) is 4.11. The second-order valence-electron chi connectivity index (χ2n) is 6.33. The number of carboxylic acid groups (broad SMARTS) is 1. The van der Waals surface area contributed by atoms with E-state index in [1.807, 2.05) is 6.92 Å². The van der Waals surface area contributed by atoms with Gasteiger partial charge < -0.3 is 32.9 Å². The molecule has 0 spiro atoms. The Kier molecular flexibility index (Phi) is 11.2. The number of hydrogen-bond donors (Lipinski definition) is 6. The lowest BCUT2D eigenvalue weighted by Gasteiger charge is -2.26. The zero-order valence-corrected chi connectivity index (χ0v) is 15.4. The monoisotopic (exact) mass is 373 g/mol. The first-order valence-corrected chi connectivity index (χ1v) is 8.71. The first-order valence-electron chi connectivity index (χ1n) is 8.71. The maximum atomic E-state index is 12.5. The van der Waals surface area contributed by atoms with Gasteiger partial charge in [0.2, 0.25) is 17.7 Å². The second-order valence-corrected chi connectivity index (χ2v) is 6.33. The minimum Gasteiger partial charge on any atom is -0.480 e. The molecule has 0 fully saturated rings. The first-order chi connectivity index (χ1) is 12.1. The summed E-state index contributed by atoms with van der Waals surface area (Å²) in [4.78, 5) is 46.8. The quantitative estimate of drug-likeness (QED) is 0.210. The number of amides is 3. The molecule has 0 aromatic rings. The van der Waals surface area contributed by atoms with Gasteiger partial charge in [0.25, 0.3) is 0 Å². The highest BCUT2D eigenvalue weighted by Gasteiger charge is 2.31. The third kappa shape index (κ3) is 8.77. The summed E-state index contributed by atoms with van der Waals surface area (Å²) >= 11 is 0. The van der Waals surface area contributed by atoms with Crippen molar-refractivity contribution < 1.29 is 24.3 Å². The summed E-state index contributed by atoms with van der Waals surface area (Å²) in [6, 6.07) is -3.22. The molecule has 0 rings (SSSR count). The van der Waals surface area contributed by atoms with E-state index in [2.05, 4.69) is 10.6 Å². The van der Waals surface area contributed by atoms with Crippen LogP contribution in [0.2, 0.25) is 0 Å². The summed E-state index contributed by atoms with van der Waals surface area (Å²) in [6.45, 7) is 4.01. The highest BCUT2D eigenvalue weighted by Crippen LogP contribution is 2.10. The number of carbonyl (C=O) groups is 4. The minimum absolute atomic E-state index is 0.237. The van der Waals surface area contributed by atoms with Gasteiger partial charge in [0, 0.05) is 0 Å². The van der Waals surface area contributed by atoms with Crippen molar-refractivity contribution in [2.24, 2.45) is 23.1 Å². The molecule has 0 bridgehead atoms. The number of carbonyl (C=O) groups excluding carboxylic acids is 3. The van der Waals surface area contributed by atoms with E-state index in [1.165, 1.54) is 0 Å². The van der Waals surface area contributed by atoms with E-state index in [1.54, 1.807) is 6.92 Å². The number of aliphatic carboxylic acids is 1. The Balaban J connectivity index is 5.03. The van der Waals surface area contributed by atoms with Crippen LogP contribution >= 0.6 is 0 Å². The molecule has 0 aliphatic rings. The Hall–Kier alpha value is -2.20. The van der Waals surface area contributed by atoms with Crippen LogP contribution in [0.15, 0.2) is 0 Å². The molecule has 0 radical (unpaired) electrons. The molecule has 0 aromatic carbocycles. The van der Waals surface area contributed by atoms with Crippen LogP contribution in [0.1, 0.15) is 46.0 Å². The van der Waals surface area contributed by atoms with Gasteiger partial charge in [-0.25, -0.2) is 4.79 Å². The average Bonchev–Trinajstić information content (AvgIpc) is 2.56. The minimum atomic E-state index is -1.17. The van der Waals surface area contributed by atoms with Gasteiger partial charge >= 0.3 is 5.97 Å². The van der Waals surface area contributed by atoms with Gasteiger partial charge in [0.1, 0.15) is 12.1 Å². The van der Waals surface area contributed by atoms with Crippen LogP contribution in [0, 0.1) is 5.92 Å². The number of hydrogen-bond acceptors (Lipinski definition) is 6. The van der Waals surface area contributed by atoms with Crippen molar-refractivity contribution in [3.05, 3.63) is 0 Å². The van der Waals surface area contributed by atoms with Crippen molar-refractivity contribution in [1.82, 2.24) is 10.6 Å². The summed E-state index contributed by atoms with van der Waals surface area (Å²) in [5, 5.41) is 14.2. The van der Waals surface area contributed by atoms with Crippen LogP contribution in [0.25, 0.3) is 0 Å². The van der Waals surface area contributed by atoms with Crippen molar-refractivity contribution in [3.63, 3.8) is 0 Å². The van der Waals surface area contributed by atoms with E-state index in [4.69, 9.17) is 17.2 Å². The Morgan fingerprint density at radius 1 is 1.08 bits per heavy atom. The summed E-state index contributed by atoms with van der Waals surface area (Å²) in [5.74, 6) is -3.46. The van der Waals surface area contributed by atoms with E-state index in [0.29, 0.717) is 25.8 Å². The summed E-state index contributed by atoms with van der Waals surface area (Å²) in [5.41, 5.74) is 16.0. The van der Waals surface area contributed by atoms with Gasteiger partial charge in [-0.2, -0.15) is 0 Å². The lowest BCUT2D eigenvalue weighted by atomic mass is 9.97. The van der Waals surface area contributed by atoms with Crippen LogP contribution in [0.3, 0.4) is 0 Å². The van der Waals surface area contributed by atoms with Crippen LogP contribution < -0.4 is 27.8 Å². The standard InChI is InChI=1S/C16H31N5O5/c1-3-9(2)13(21-14(23)10(18)8-12(19)22)15(24)20-11(16(25)26)6-4-5-7-17/h9-11,13H,3-8,17-18H2,1-2H3,(H2,19,22)(H,20,24)(H,21,23)(H,25,26). The molecule has 0 aliphatic heterocycles. The van der Waals surface area contributed by atoms with E-state index in [-0.39, 0.29) is 18.8 Å². The van der Waals surface area contributed by atoms with Crippen molar-refractivity contribution in [1.29, 1.82) is 0 Å². The fourth-order valence-electron chi connectivity index (χ4n) is 2.28. The maximum absolute atomic E-state index is 12.5. The van der Waals surface area contributed by atoms with Gasteiger partial charge in [0.05, 0.1) is 12.5 Å². The van der Waals surface area contributed by atoms with Gasteiger partial charge in [-0.3, -0.25) is 14.4 Å². The number of unbranched alkanes of at least 4 members (excludes halogenated alkanes) is 1. The summed E-state index contributed by atoms with van der Waals surface area (Å²) < 4.78 is 0. The van der Waals surface area contributed by atoms with Gasteiger partial charge in [-0.1, -0.05) is 20.3 Å². The largest absolute Gasteiger partial charge is 0.480 e. The number of nitrogens with one attached hydrogen (secondary N) is 2. The van der Waals surface area contributed by atoms with E-state index >= 15 is 0 Å². The van der Waals surface area contributed by atoms with Crippen LogP contribution in [-0.4, -0.2) is 53.5 Å². The smallest absolute Gasteiger partial charge is 0.326 e. The Labute approximate surface area is 153 Å². The Morgan fingerprint density at radius 2 is 1.69 bits per heavy atom. The average molecular weight is 373 g/mol. The molecule has 10 nitrogen and oxygen atoms in total. The molecule has 0 saturated carbocycles. The second kappa shape index (κ2) is 12.2. The fourth-order valence-corrected chi connectivity index (χ4v) is 2.28. The van der Waals surface area contributed by atoms with Gasteiger partial charge in [0.15, 0.2) is 0 Å². The molecule has 0 aromatic heterocycles. The SMILES string of the molecule is CCC(C)C(NC(=O)C(N)CC(N)=O)C(=O)NC(CCCCN)C(=O)O. The van der Waals surface area contributed by atoms with Crippen molar-refractivity contribution in [3.8, 4) is 0 Å². The van der Waals surface area contributed by atoms with Gasteiger partial charge in [-0.15, -0.1) is 0 Å². The molecule has 4 unspecified atom stereocenters. The van der Waals surface area contributed by atoms with E-state index in [0.717, 1.165) is 0 Å². The van der Waals surface area contributed by atoms with Crippen molar-refractivity contribution >= 4 is 23.7 Å². The van der Waals surface area contributed by atoms with Crippen LogP contribution in [0.4, 0.5) is 0 Å². The van der Waals surface area contributed by atoms with E-state index in [9.17, 15) is 24.3 Å². The highest BCUT2D eigenvalue weighted by atomic mass is 16.4. The predicted molar refractivity (Wildman–Crippen MR) is 95.6 cm³/mol. The normalized spacial score (nSPS) is 15.4. The van der Waals surface area contributed by atoms with Crippen molar-refractivity contribution in [2.75, 3.05) is 6.54 Å². The summed E-state index contributed by atoms with van der Waals surface area (Å²) in [7, 11) is 0. The highest BCUT2D eigenvalue weighted by molar-refractivity contribution is 5.93. The van der Waals surface area contributed by atoms with Gasteiger partial charge in [-0.05, 0) is 31.7 Å². The number of primary amides is 1. The molecule has 26 heavy (non-hydrogen) atoms. The molecule has 9 N–H and O–H groups in total. The molecular weight excluding hydrogens is 342 g/mol. The molecule has 4 atom stereocenters. The number of carboxylic acids is 1.